The Labute approximate surface area is 157 Å². The number of fused-ring (bicyclic) bond motifs is 2. The van der Waals surface area contributed by atoms with Crippen molar-refractivity contribution in [3.8, 4) is 5.75 Å². The van der Waals surface area contributed by atoms with Gasteiger partial charge in [0.1, 0.15) is 5.75 Å². The van der Waals surface area contributed by atoms with E-state index in [1.807, 2.05) is 24.3 Å². The van der Waals surface area contributed by atoms with Crippen molar-refractivity contribution in [3.05, 3.63) is 66.7 Å². The minimum Gasteiger partial charge on any atom is -0.476 e. The van der Waals surface area contributed by atoms with Gasteiger partial charge in [-0.05, 0) is 35.0 Å². The van der Waals surface area contributed by atoms with Gasteiger partial charge in [0.25, 0.3) is 15.9 Å². The summed E-state index contributed by atoms with van der Waals surface area (Å²) in [5.41, 5.74) is 0.422. The number of nitrogens with zero attached hydrogens (tertiary/aromatic N) is 1. The first-order valence-corrected chi connectivity index (χ1v) is 9.93. The van der Waals surface area contributed by atoms with Crippen LogP contribution in [0.1, 0.15) is 0 Å². The van der Waals surface area contributed by atoms with Crippen molar-refractivity contribution in [2.45, 2.75) is 11.0 Å². The fourth-order valence-electron chi connectivity index (χ4n) is 3.18. The Morgan fingerprint density at radius 1 is 1.04 bits per heavy atom. The smallest absolute Gasteiger partial charge is 0.264 e. The highest BCUT2D eigenvalue weighted by molar-refractivity contribution is 7.92. The lowest BCUT2D eigenvalue weighted by molar-refractivity contribution is -0.127. The van der Waals surface area contributed by atoms with Crippen LogP contribution in [0.15, 0.2) is 71.6 Å². The van der Waals surface area contributed by atoms with Crippen LogP contribution in [0.5, 0.6) is 5.75 Å². The third-order valence-electron chi connectivity index (χ3n) is 4.58. The lowest BCUT2D eigenvalue weighted by atomic mass is 10.1. The van der Waals surface area contributed by atoms with Gasteiger partial charge in [-0.3, -0.25) is 9.10 Å². The van der Waals surface area contributed by atoms with Crippen LogP contribution in [-0.2, 0) is 14.8 Å². The van der Waals surface area contributed by atoms with E-state index in [2.05, 4.69) is 5.32 Å². The Balaban J connectivity index is 1.82. The van der Waals surface area contributed by atoms with Gasteiger partial charge in [-0.1, -0.05) is 42.5 Å². The summed E-state index contributed by atoms with van der Waals surface area (Å²) in [6, 6.07) is 19.4. The molecule has 0 spiro atoms. The van der Waals surface area contributed by atoms with Gasteiger partial charge < -0.3 is 10.1 Å². The Morgan fingerprint density at radius 3 is 2.52 bits per heavy atom. The highest BCUT2D eigenvalue weighted by Crippen LogP contribution is 2.37. The number of likely N-dealkylation sites (N-methyl/N-ethyl adjacent to an activating group) is 1. The molecule has 0 fully saturated rings. The lowest BCUT2D eigenvalue weighted by Crippen LogP contribution is -2.50. The van der Waals surface area contributed by atoms with Crippen LogP contribution in [0.3, 0.4) is 0 Å². The van der Waals surface area contributed by atoms with Crippen LogP contribution in [0, 0.1) is 0 Å². The van der Waals surface area contributed by atoms with Crippen LogP contribution in [-0.4, -0.2) is 34.0 Å². The molecule has 1 N–H and O–H groups in total. The molecule has 0 bridgehead atoms. The Kier molecular flexibility index (Phi) is 4.24. The molecule has 0 aliphatic carbocycles. The summed E-state index contributed by atoms with van der Waals surface area (Å²) >= 11 is 0. The molecule has 0 aromatic heterocycles. The highest BCUT2D eigenvalue weighted by Gasteiger charge is 2.37. The zero-order valence-corrected chi connectivity index (χ0v) is 15.4. The molecule has 1 atom stereocenters. The van der Waals surface area contributed by atoms with Crippen molar-refractivity contribution >= 4 is 32.4 Å². The van der Waals surface area contributed by atoms with Crippen molar-refractivity contribution in [3.63, 3.8) is 0 Å². The van der Waals surface area contributed by atoms with E-state index in [9.17, 15) is 13.2 Å². The van der Waals surface area contributed by atoms with E-state index < -0.39 is 16.1 Å². The van der Waals surface area contributed by atoms with Crippen molar-refractivity contribution < 1.29 is 17.9 Å². The number of benzene rings is 3. The first-order chi connectivity index (χ1) is 13.0. The van der Waals surface area contributed by atoms with E-state index in [0.717, 1.165) is 10.8 Å². The number of hydrogen-bond acceptors (Lipinski definition) is 4. The van der Waals surface area contributed by atoms with Crippen LogP contribution < -0.4 is 14.4 Å². The molecule has 0 saturated carbocycles. The van der Waals surface area contributed by atoms with Gasteiger partial charge in [0.15, 0.2) is 6.10 Å². The van der Waals surface area contributed by atoms with Crippen molar-refractivity contribution in [1.29, 1.82) is 0 Å². The number of nitrogens with one attached hydrogen (secondary N) is 1. The molecule has 1 aliphatic rings. The summed E-state index contributed by atoms with van der Waals surface area (Å²) in [5.74, 6) is -0.00933. The summed E-state index contributed by atoms with van der Waals surface area (Å²) in [5, 5.41) is 4.31. The molecule has 1 amide bonds. The normalized spacial score (nSPS) is 16.5. The highest BCUT2D eigenvalue weighted by atomic mass is 32.2. The average Bonchev–Trinajstić information content (AvgIpc) is 2.71. The summed E-state index contributed by atoms with van der Waals surface area (Å²) in [7, 11) is -2.37. The Morgan fingerprint density at radius 2 is 1.74 bits per heavy atom. The second-order valence-electron chi connectivity index (χ2n) is 6.23. The van der Waals surface area contributed by atoms with Crippen LogP contribution in [0.25, 0.3) is 10.8 Å². The van der Waals surface area contributed by atoms with Gasteiger partial charge in [-0.15, -0.1) is 0 Å². The second kappa shape index (κ2) is 6.59. The first-order valence-electron chi connectivity index (χ1n) is 8.49. The quantitative estimate of drug-likeness (QED) is 0.755. The molecule has 4 rings (SSSR count). The molecule has 27 heavy (non-hydrogen) atoms. The molecule has 1 heterocycles. The molecular weight excluding hydrogens is 364 g/mol. The van der Waals surface area contributed by atoms with E-state index >= 15 is 0 Å². The van der Waals surface area contributed by atoms with E-state index in [1.165, 1.54) is 11.4 Å². The molecule has 0 radical (unpaired) electrons. The maximum atomic E-state index is 13.4. The number of carbonyl (C=O) groups excluding carboxylic acids is 1. The van der Waals surface area contributed by atoms with E-state index in [1.54, 1.807) is 42.5 Å². The minimum atomic E-state index is -3.87. The topological polar surface area (TPSA) is 75.7 Å². The van der Waals surface area contributed by atoms with Gasteiger partial charge in [0.2, 0.25) is 0 Å². The van der Waals surface area contributed by atoms with Crippen molar-refractivity contribution in [2.75, 3.05) is 17.9 Å². The number of rotatable bonds is 3. The average molecular weight is 382 g/mol. The van der Waals surface area contributed by atoms with E-state index in [4.69, 9.17) is 4.74 Å². The van der Waals surface area contributed by atoms with Gasteiger partial charge in [-0.25, -0.2) is 8.42 Å². The zero-order chi connectivity index (χ0) is 19.0. The summed E-state index contributed by atoms with van der Waals surface area (Å²) in [6.07, 6.45) is -0.917. The first kappa shape index (κ1) is 17.4. The molecule has 6 nitrogen and oxygen atoms in total. The maximum absolute atomic E-state index is 13.4. The molecule has 7 heteroatoms. The third-order valence-corrected chi connectivity index (χ3v) is 6.36. The predicted octanol–water partition coefficient (Wildman–Crippen LogP) is 2.54. The number of ether oxygens (including phenoxy) is 1. The van der Waals surface area contributed by atoms with Crippen LogP contribution in [0.2, 0.25) is 0 Å². The zero-order valence-electron chi connectivity index (χ0n) is 14.6. The monoisotopic (exact) mass is 382 g/mol. The van der Waals surface area contributed by atoms with Gasteiger partial charge in [0, 0.05) is 7.05 Å². The molecular formula is C20H18N2O4S. The fourth-order valence-corrected chi connectivity index (χ4v) is 4.69. The molecule has 1 unspecified atom stereocenters. The number of para-hydroxylation sites is 2. The SMILES string of the molecule is CNC(=O)C1CN(S(=O)(=O)c2ccc3ccccc3c2)c2ccccc2O1. The molecule has 1 aliphatic heterocycles. The Hall–Kier alpha value is -3.06. The number of amides is 1. The van der Waals surface area contributed by atoms with Gasteiger partial charge >= 0.3 is 0 Å². The molecule has 0 saturated heterocycles. The predicted molar refractivity (Wildman–Crippen MR) is 103 cm³/mol. The minimum absolute atomic E-state index is 0.0914. The standard InChI is InChI=1S/C20H18N2O4S/c1-21-20(23)19-13-22(17-8-4-5-9-18(17)26-19)27(24,25)16-11-10-14-6-2-3-7-15(14)12-16/h2-12,19H,13H2,1H3,(H,21,23). The molecule has 138 valence electrons. The Bertz CT molecular complexity index is 1130. The summed E-state index contributed by atoms with van der Waals surface area (Å²) in [4.78, 5) is 12.3. The van der Waals surface area contributed by atoms with E-state index in [0.29, 0.717) is 11.4 Å². The summed E-state index contributed by atoms with van der Waals surface area (Å²) < 4.78 is 33.7. The number of hydrogen-bond donors (Lipinski definition) is 1. The van der Waals surface area contributed by atoms with Gasteiger partial charge in [0.05, 0.1) is 17.1 Å². The molecule has 3 aromatic carbocycles. The van der Waals surface area contributed by atoms with Crippen molar-refractivity contribution in [1.82, 2.24) is 5.32 Å². The second-order valence-corrected chi connectivity index (χ2v) is 8.10. The number of sulfonamides is 1. The largest absolute Gasteiger partial charge is 0.476 e. The van der Waals surface area contributed by atoms with Crippen LogP contribution in [0.4, 0.5) is 5.69 Å². The van der Waals surface area contributed by atoms with E-state index in [-0.39, 0.29) is 17.3 Å². The lowest BCUT2D eigenvalue weighted by Gasteiger charge is -2.34. The van der Waals surface area contributed by atoms with Crippen LogP contribution >= 0.6 is 0 Å². The fraction of sp³-hybridized carbons (Fsp3) is 0.150. The summed E-state index contributed by atoms with van der Waals surface area (Å²) in [6.45, 7) is -0.0914. The van der Waals surface area contributed by atoms with Crippen molar-refractivity contribution in [2.24, 2.45) is 0 Å². The molecule has 3 aromatic rings. The number of carbonyl (C=O) groups is 1. The maximum Gasteiger partial charge on any atom is 0.264 e. The number of anilines is 1. The van der Waals surface area contributed by atoms with Gasteiger partial charge in [-0.2, -0.15) is 0 Å². The third kappa shape index (κ3) is 3.00.